The van der Waals surface area contributed by atoms with Crippen LogP contribution in [0.4, 0.5) is 5.69 Å². The first-order chi connectivity index (χ1) is 10.6. The summed E-state index contributed by atoms with van der Waals surface area (Å²) >= 11 is 1.29. The third-order valence-corrected chi connectivity index (χ3v) is 4.17. The van der Waals surface area contributed by atoms with Crippen LogP contribution in [0.5, 0.6) is 11.5 Å². The van der Waals surface area contributed by atoms with Crippen LogP contribution >= 0.6 is 11.8 Å². The average Bonchev–Trinajstić information content (AvgIpc) is 2.92. The van der Waals surface area contributed by atoms with Crippen molar-refractivity contribution >= 4 is 23.4 Å². The van der Waals surface area contributed by atoms with Crippen LogP contribution in [-0.2, 0) is 11.8 Å². The van der Waals surface area contributed by atoms with Gasteiger partial charge in [-0.25, -0.2) is 4.68 Å². The van der Waals surface area contributed by atoms with E-state index in [9.17, 15) is 4.79 Å². The number of carbonyl (C=O) groups excluding carboxylic acids is 1. The number of tetrazole rings is 1. The van der Waals surface area contributed by atoms with Crippen LogP contribution < -0.4 is 14.8 Å². The molecule has 1 aliphatic rings. The van der Waals surface area contributed by atoms with E-state index in [1.165, 1.54) is 16.4 Å². The first-order valence-corrected chi connectivity index (χ1v) is 7.61. The highest BCUT2D eigenvalue weighted by Gasteiger charge is 2.19. The molecule has 9 heteroatoms. The highest BCUT2D eigenvalue weighted by molar-refractivity contribution is 8.00. The molecule has 2 aromatic rings. The molecule has 0 bridgehead atoms. The molecule has 0 saturated heterocycles. The number of anilines is 1. The van der Waals surface area contributed by atoms with Crippen molar-refractivity contribution in [1.29, 1.82) is 0 Å². The van der Waals surface area contributed by atoms with Crippen LogP contribution in [0.25, 0.3) is 0 Å². The summed E-state index contributed by atoms with van der Waals surface area (Å²) in [6.45, 7) is 2.85. The minimum absolute atomic E-state index is 0.135. The summed E-state index contributed by atoms with van der Waals surface area (Å²) in [6.07, 6.45) is 0. The monoisotopic (exact) mass is 321 g/mol. The number of rotatable bonds is 4. The molecule has 2 heterocycles. The van der Waals surface area contributed by atoms with Gasteiger partial charge in [0.25, 0.3) is 0 Å². The molecule has 1 atom stereocenters. The van der Waals surface area contributed by atoms with Gasteiger partial charge >= 0.3 is 0 Å². The highest BCUT2D eigenvalue weighted by atomic mass is 32.2. The number of fused-ring (bicyclic) bond motifs is 1. The first kappa shape index (κ1) is 14.6. The van der Waals surface area contributed by atoms with Gasteiger partial charge in [-0.3, -0.25) is 4.79 Å². The fourth-order valence-corrected chi connectivity index (χ4v) is 2.65. The second-order valence-electron chi connectivity index (χ2n) is 4.69. The molecule has 3 rings (SSSR count). The van der Waals surface area contributed by atoms with Crippen LogP contribution in [0.1, 0.15) is 6.92 Å². The number of benzene rings is 1. The molecule has 116 valence electrons. The molecule has 1 aliphatic heterocycles. The number of carbonyl (C=O) groups is 1. The predicted molar refractivity (Wildman–Crippen MR) is 80.2 cm³/mol. The standard InChI is InChI=1S/C13H15N5O3S/c1-8(22-13-15-16-17-18(13)2)12(19)14-9-3-4-10-11(7-9)21-6-5-20-10/h3-4,7-8H,5-6H2,1-2H3,(H,14,19)/t8-/m0/s1. The van der Waals surface area contributed by atoms with Crippen LogP contribution in [0.2, 0.25) is 0 Å². The number of nitrogens with zero attached hydrogens (tertiary/aromatic N) is 4. The summed E-state index contributed by atoms with van der Waals surface area (Å²) < 4.78 is 12.5. The van der Waals surface area contributed by atoms with Gasteiger partial charge in [0.15, 0.2) is 11.5 Å². The average molecular weight is 321 g/mol. The van der Waals surface area contributed by atoms with Crippen molar-refractivity contribution in [3.63, 3.8) is 0 Å². The fraction of sp³-hybridized carbons (Fsp3) is 0.385. The Morgan fingerprint density at radius 3 is 2.86 bits per heavy atom. The minimum atomic E-state index is -0.335. The first-order valence-electron chi connectivity index (χ1n) is 6.73. The van der Waals surface area contributed by atoms with Crippen molar-refractivity contribution in [2.24, 2.45) is 7.05 Å². The third kappa shape index (κ3) is 3.14. The molecule has 1 amide bonds. The van der Waals surface area contributed by atoms with Gasteiger partial charge in [-0.15, -0.1) is 5.10 Å². The second-order valence-corrected chi connectivity index (χ2v) is 6.00. The summed E-state index contributed by atoms with van der Waals surface area (Å²) in [7, 11) is 1.73. The zero-order valence-electron chi connectivity index (χ0n) is 12.1. The Morgan fingerprint density at radius 1 is 1.36 bits per heavy atom. The molecule has 1 N–H and O–H groups in total. The van der Waals surface area contributed by atoms with Gasteiger partial charge < -0.3 is 14.8 Å². The van der Waals surface area contributed by atoms with E-state index < -0.39 is 0 Å². The molecule has 0 unspecified atom stereocenters. The van der Waals surface area contributed by atoms with Crippen LogP contribution in [0.15, 0.2) is 23.4 Å². The lowest BCUT2D eigenvalue weighted by molar-refractivity contribution is -0.115. The van der Waals surface area contributed by atoms with E-state index in [0.717, 1.165) is 0 Å². The van der Waals surface area contributed by atoms with Crippen molar-refractivity contribution in [3.05, 3.63) is 18.2 Å². The van der Waals surface area contributed by atoms with Gasteiger partial charge in [-0.1, -0.05) is 11.8 Å². The fourth-order valence-electron chi connectivity index (χ4n) is 1.90. The maximum absolute atomic E-state index is 12.2. The quantitative estimate of drug-likeness (QED) is 0.843. The smallest absolute Gasteiger partial charge is 0.237 e. The maximum Gasteiger partial charge on any atom is 0.237 e. The zero-order valence-corrected chi connectivity index (χ0v) is 13.0. The lowest BCUT2D eigenvalue weighted by Gasteiger charge is -2.19. The SMILES string of the molecule is C[C@H](Sc1nnnn1C)C(=O)Nc1ccc2c(c1)OCCO2. The molecule has 0 aliphatic carbocycles. The molecule has 0 fully saturated rings. The van der Waals surface area contributed by atoms with Gasteiger partial charge in [-0.05, 0) is 29.5 Å². The molecular weight excluding hydrogens is 306 g/mol. The van der Waals surface area contributed by atoms with Gasteiger partial charge in [0.05, 0.1) is 5.25 Å². The summed E-state index contributed by atoms with van der Waals surface area (Å²) in [5, 5.41) is 14.2. The van der Waals surface area contributed by atoms with Gasteiger partial charge in [-0.2, -0.15) is 0 Å². The number of nitrogens with one attached hydrogen (secondary N) is 1. The second kappa shape index (κ2) is 6.22. The van der Waals surface area contributed by atoms with Crippen LogP contribution in [0, 0.1) is 0 Å². The van der Waals surface area contributed by atoms with E-state index >= 15 is 0 Å². The van der Waals surface area contributed by atoms with Crippen molar-refractivity contribution in [2.75, 3.05) is 18.5 Å². The van der Waals surface area contributed by atoms with Crippen LogP contribution in [-0.4, -0.2) is 44.6 Å². The molecule has 0 radical (unpaired) electrons. The number of amides is 1. The molecule has 1 aromatic heterocycles. The predicted octanol–water partition coefficient (Wildman–Crippen LogP) is 1.10. The van der Waals surface area contributed by atoms with Gasteiger partial charge in [0.1, 0.15) is 13.2 Å². The summed E-state index contributed by atoms with van der Waals surface area (Å²) in [5.41, 5.74) is 0.665. The molecule has 1 aromatic carbocycles. The molecular formula is C13H15N5O3S. The summed E-state index contributed by atoms with van der Waals surface area (Å²) in [4.78, 5) is 12.2. The Labute approximate surface area is 131 Å². The lowest BCUT2D eigenvalue weighted by atomic mass is 10.2. The van der Waals surface area contributed by atoms with E-state index in [2.05, 4.69) is 20.8 Å². The Morgan fingerprint density at radius 2 is 2.14 bits per heavy atom. The molecule has 0 saturated carbocycles. The van der Waals surface area contributed by atoms with Crippen molar-refractivity contribution < 1.29 is 14.3 Å². The number of ether oxygens (including phenoxy) is 2. The topological polar surface area (TPSA) is 91.2 Å². The number of hydrogen-bond donors (Lipinski definition) is 1. The minimum Gasteiger partial charge on any atom is -0.486 e. The van der Waals surface area contributed by atoms with E-state index in [1.807, 2.05) is 0 Å². The lowest BCUT2D eigenvalue weighted by Crippen LogP contribution is -2.23. The molecule has 22 heavy (non-hydrogen) atoms. The molecule has 8 nitrogen and oxygen atoms in total. The third-order valence-electron chi connectivity index (χ3n) is 3.04. The summed E-state index contributed by atoms with van der Waals surface area (Å²) in [6, 6.07) is 5.33. The Balaban J connectivity index is 1.65. The number of thioether (sulfide) groups is 1. The normalized spacial score (nSPS) is 14.5. The van der Waals surface area contributed by atoms with Crippen LogP contribution in [0.3, 0.4) is 0 Å². The largest absolute Gasteiger partial charge is 0.486 e. The number of hydrogen-bond acceptors (Lipinski definition) is 7. The Bertz CT molecular complexity index is 690. The number of aryl methyl sites for hydroxylation is 1. The summed E-state index contributed by atoms with van der Waals surface area (Å²) in [5.74, 6) is 1.20. The zero-order chi connectivity index (χ0) is 15.5. The molecule has 0 spiro atoms. The van der Waals surface area contributed by atoms with Gasteiger partial charge in [0, 0.05) is 18.8 Å². The Kier molecular flexibility index (Phi) is 4.14. The van der Waals surface area contributed by atoms with E-state index in [4.69, 9.17) is 9.47 Å². The van der Waals surface area contributed by atoms with Crippen molar-refractivity contribution in [3.8, 4) is 11.5 Å². The maximum atomic E-state index is 12.2. The van der Waals surface area contributed by atoms with E-state index in [-0.39, 0.29) is 11.2 Å². The highest BCUT2D eigenvalue weighted by Crippen LogP contribution is 2.32. The Hall–Kier alpha value is -2.29. The number of aromatic nitrogens is 4. The van der Waals surface area contributed by atoms with Crippen molar-refractivity contribution in [2.45, 2.75) is 17.3 Å². The van der Waals surface area contributed by atoms with E-state index in [0.29, 0.717) is 35.6 Å². The van der Waals surface area contributed by atoms with Crippen molar-refractivity contribution in [1.82, 2.24) is 20.2 Å². The van der Waals surface area contributed by atoms with Gasteiger partial charge in [0.2, 0.25) is 11.1 Å². The van der Waals surface area contributed by atoms with E-state index in [1.54, 1.807) is 32.2 Å².